The van der Waals surface area contributed by atoms with Gasteiger partial charge in [0.1, 0.15) is 35.2 Å². The summed E-state index contributed by atoms with van der Waals surface area (Å²) < 4.78 is 20.0. The van der Waals surface area contributed by atoms with Crippen LogP contribution >= 0.6 is 27.5 Å². The van der Waals surface area contributed by atoms with Gasteiger partial charge in [-0.25, -0.2) is 14.2 Å². The minimum Gasteiger partial charge on any atom is -0.490 e. The first-order chi connectivity index (χ1) is 12.4. The van der Waals surface area contributed by atoms with E-state index < -0.39 is 11.6 Å². The lowest BCUT2D eigenvalue weighted by atomic mass is 10.0. The van der Waals surface area contributed by atoms with Crippen LogP contribution in [0.4, 0.5) is 15.0 Å². The smallest absolute Gasteiger partial charge is 0.320 e. The second kappa shape index (κ2) is 6.11. The molecule has 0 spiro atoms. The fourth-order valence-corrected chi connectivity index (χ4v) is 3.96. The molecule has 2 heterocycles. The maximum Gasteiger partial charge on any atom is 0.320 e. The lowest BCUT2D eigenvalue weighted by molar-refractivity contribution is 0.215. The van der Waals surface area contributed by atoms with Gasteiger partial charge in [0.25, 0.3) is 0 Å². The molecule has 6 nitrogen and oxygen atoms in total. The predicted octanol–water partition coefficient (Wildman–Crippen LogP) is 3.95. The molecule has 0 bridgehead atoms. The predicted molar refractivity (Wildman–Crippen MR) is 95.8 cm³/mol. The van der Waals surface area contributed by atoms with E-state index in [0.717, 1.165) is 5.56 Å². The van der Waals surface area contributed by atoms with Crippen LogP contribution in [0.2, 0.25) is 5.15 Å². The number of anilines is 1. The number of carbonyl (C=O) groups is 1. The number of amides is 2. The summed E-state index contributed by atoms with van der Waals surface area (Å²) in [5.74, 6) is 0.475. The van der Waals surface area contributed by atoms with Gasteiger partial charge in [0.15, 0.2) is 0 Å². The van der Waals surface area contributed by atoms with E-state index in [1.165, 1.54) is 24.3 Å². The number of benzene rings is 1. The Kier molecular flexibility index (Phi) is 4.01. The van der Waals surface area contributed by atoms with Gasteiger partial charge in [0.05, 0.1) is 15.6 Å². The second-order valence-electron chi connectivity index (χ2n) is 6.23. The van der Waals surface area contributed by atoms with Crippen LogP contribution in [0.25, 0.3) is 0 Å². The highest BCUT2D eigenvalue weighted by molar-refractivity contribution is 9.10. The summed E-state index contributed by atoms with van der Waals surface area (Å²) in [5.41, 5.74) is 0.395. The fourth-order valence-electron chi connectivity index (χ4n) is 3.20. The van der Waals surface area contributed by atoms with E-state index in [0.29, 0.717) is 23.2 Å². The average Bonchev–Trinajstić information content (AvgIpc) is 3.29. The molecule has 9 heteroatoms. The quantitative estimate of drug-likeness (QED) is 0.697. The lowest BCUT2D eigenvalue weighted by Crippen LogP contribution is -2.46. The largest absolute Gasteiger partial charge is 0.490 e. The molecule has 0 radical (unpaired) electrons. The molecule has 1 aliphatic carbocycles. The van der Waals surface area contributed by atoms with E-state index in [9.17, 15) is 9.18 Å². The topological polar surface area (TPSA) is 87.0 Å². The number of hydrogen-bond acceptors (Lipinski definition) is 4. The number of halogens is 3. The molecular weight excluding hydrogens is 427 g/mol. The van der Waals surface area contributed by atoms with Crippen LogP contribution in [0.3, 0.4) is 0 Å². The molecule has 2 atom stereocenters. The number of hydrogen-bond donors (Lipinski definition) is 2. The Morgan fingerprint density at radius 3 is 3.04 bits per heavy atom. The minimum atomic E-state index is -0.569. The van der Waals surface area contributed by atoms with Crippen LogP contribution in [0.5, 0.6) is 5.75 Å². The van der Waals surface area contributed by atoms with Crippen molar-refractivity contribution < 1.29 is 13.9 Å². The van der Waals surface area contributed by atoms with Gasteiger partial charge in [-0.2, -0.15) is 5.26 Å². The van der Waals surface area contributed by atoms with Crippen molar-refractivity contribution in [2.24, 2.45) is 0 Å². The Balaban J connectivity index is 1.48. The number of rotatable bonds is 2. The van der Waals surface area contributed by atoms with E-state index >= 15 is 0 Å². The molecule has 132 valence electrons. The van der Waals surface area contributed by atoms with Gasteiger partial charge in [0, 0.05) is 11.5 Å². The highest BCUT2D eigenvalue weighted by Gasteiger charge is 2.60. The molecule has 4 rings (SSSR count). The van der Waals surface area contributed by atoms with Gasteiger partial charge < -0.3 is 10.1 Å². The molecule has 2 aromatic rings. The summed E-state index contributed by atoms with van der Waals surface area (Å²) >= 11 is 9.16. The fraction of sp³-hybridized carbons (Fsp3) is 0.235. The number of nitriles is 1. The molecular formula is C17H11BrClFN4O2. The molecule has 1 fully saturated rings. The van der Waals surface area contributed by atoms with Crippen LogP contribution < -0.4 is 15.4 Å². The first-order valence-electron chi connectivity index (χ1n) is 7.69. The number of pyridine rings is 1. The van der Waals surface area contributed by atoms with Crippen LogP contribution in [0.15, 0.2) is 28.7 Å². The van der Waals surface area contributed by atoms with Crippen molar-refractivity contribution in [3.05, 3.63) is 50.8 Å². The second-order valence-corrected chi connectivity index (χ2v) is 7.45. The summed E-state index contributed by atoms with van der Waals surface area (Å²) in [4.78, 5) is 16.3. The minimum absolute atomic E-state index is 0.0125. The van der Waals surface area contributed by atoms with Gasteiger partial charge in [0.2, 0.25) is 0 Å². The Hall–Kier alpha value is -2.37. The molecule has 2 amide bonds. The van der Waals surface area contributed by atoms with E-state index in [4.69, 9.17) is 21.6 Å². The van der Waals surface area contributed by atoms with Crippen molar-refractivity contribution in [3.8, 4) is 11.8 Å². The Morgan fingerprint density at radius 2 is 2.31 bits per heavy atom. The normalized spacial score (nSPS) is 22.3. The zero-order chi connectivity index (χ0) is 18.5. The van der Waals surface area contributed by atoms with Gasteiger partial charge in [-0.05, 0) is 46.6 Å². The summed E-state index contributed by atoms with van der Waals surface area (Å²) in [5, 5.41) is 14.3. The molecule has 0 saturated heterocycles. The molecule has 2 N–H and O–H groups in total. The number of nitrogens with zero attached hydrogens (tertiary/aromatic N) is 2. The number of ether oxygens (including phenoxy) is 1. The van der Waals surface area contributed by atoms with E-state index in [2.05, 4.69) is 31.5 Å². The van der Waals surface area contributed by atoms with Crippen molar-refractivity contribution in [2.75, 3.05) is 11.9 Å². The summed E-state index contributed by atoms with van der Waals surface area (Å²) in [6, 6.07) is 7.19. The standard InChI is InChI=1S/C17H11BrClFN4O2/c18-12-4-9(20)3-10-11-5-17(11,7-26-14(10)12)24-16(25)23-13-2-1-8(6-21)15(19)22-13/h1-4,11H,5,7H2,(H2,22,23,24,25)/t11-,17+/m1/s1. The van der Waals surface area contributed by atoms with Crippen LogP contribution in [-0.2, 0) is 0 Å². The Bertz CT molecular complexity index is 980. The SMILES string of the molecule is N#Cc1ccc(NC(=O)N[C@@]23COc4c(Br)cc(F)cc4[C@H]2C3)nc1Cl. The van der Waals surface area contributed by atoms with E-state index in [1.54, 1.807) is 0 Å². The molecule has 0 unspecified atom stereocenters. The van der Waals surface area contributed by atoms with E-state index in [1.807, 2.05) is 6.07 Å². The molecule has 1 saturated carbocycles. The third kappa shape index (κ3) is 2.87. The highest BCUT2D eigenvalue weighted by atomic mass is 79.9. The Morgan fingerprint density at radius 1 is 1.50 bits per heavy atom. The number of carbonyl (C=O) groups excluding carboxylic acids is 1. The molecule has 26 heavy (non-hydrogen) atoms. The van der Waals surface area contributed by atoms with Gasteiger partial charge in [-0.15, -0.1) is 0 Å². The van der Waals surface area contributed by atoms with Crippen molar-refractivity contribution in [2.45, 2.75) is 17.9 Å². The first-order valence-corrected chi connectivity index (χ1v) is 8.86. The zero-order valence-corrected chi connectivity index (χ0v) is 15.5. The maximum absolute atomic E-state index is 13.7. The summed E-state index contributed by atoms with van der Waals surface area (Å²) in [6.45, 7) is 0.296. The number of fused-ring (bicyclic) bond motifs is 3. The number of urea groups is 1. The third-order valence-electron chi connectivity index (χ3n) is 4.54. The van der Waals surface area contributed by atoms with Gasteiger partial charge >= 0.3 is 6.03 Å². The molecule has 1 aromatic heterocycles. The van der Waals surface area contributed by atoms with Crippen molar-refractivity contribution >= 4 is 39.4 Å². The van der Waals surface area contributed by atoms with Crippen LogP contribution in [0.1, 0.15) is 23.5 Å². The third-order valence-corrected chi connectivity index (χ3v) is 5.41. The molecule has 1 aromatic carbocycles. The van der Waals surface area contributed by atoms with Crippen LogP contribution in [-0.4, -0.2) is 23.2 Å². The van der Waals surface area contributed by atoms with E-state index in [-0.39, 0.29) is 28.3 Å². The van der Waals surface area contributed by atoms with Crippen molar-refractivity contribution in [3.63, 3.8) is 0 Å². The number of nitrogens with one attached hydrogen (secondary N) is 2. The maximum atomic E-state index is 13.7. The molecule has 1 aliphatic heterocycles. The lowest BCUT2D eigenvalue weighted by Gasteiger charge is -2.27. The monoisotopic (exact) mass is 436 g/mol. The van der Waals surface area contributed by atoms with Crippen LogP contribution in [0, 0.1) is 17.1 Å². The number of aromatic nitrogens is 1. The molecule has 2 aliphatic rings. The summed E-state index contributed by atoms with van der Waals surface area (Å²) in [6.07, 6.45) is 0.658. The summed E-state index contributed by atoms with van der Waals surface area (Å²) in [7, 11) is 0. The highest BCUT2D eigenvalue weighted by Crippen LogP contribution is 2.58. The first kappa shape index (κ1) is 17.1. The van der Waals surface area contributed by atoms with Gasteiger partial charge in [-0.1, -0.05) is 11.6 Å². The van der Waals surface area contributed by atoms with Gasteiger partial charge in [-0.3, -0.25) is 5.32 Å². The van der Waals surface area contributed by atoms with Crippen molar-refractivity contribution in [1.82, 2.24) is 10.3 Å². The zero-order valence-electron chi connectivity index (χ0n) is 13.1. The van der Waals surface area contributed by atoms with Crippen molar-refractivity contribution in [1.29, 1.82) is 5.26 Å². The Labute approximate surface area is 161 Å². The average molecular weight is 438 g/mol.